The predicted octanol–water partition coefficient (Wildman–Crippen LogP) is 3.29. The molecule has 1 aliphatic heterocycles. The summed E-state index contributed by atoms with van der Waals surface area (Å²) in [7, 11) is 0. The maximum Gasteiger partial charge on any atom is 0.227 e. The van der Waals surface area contributed by atoms with Gasteiger partial charge in [-0.25, -0.2) is 0 Å². The van der Waals surface area contributed by atoms with Gasteiger partial charge < -0.3 is 10.2 Å². The lowest BCUT2D eigenvalue weighted by Crippen LogP contribution is -2.42. The Morgan fingerprint density at radius 3 is 2.44 bits per heavy atom. The van der Waals surface area contributed by atoms with Crippen molar-refractivity contribution in [2.24, 2.45) is 5.92 Å². The van der Waals surface area contributed by atoms with E-state index in [-0.39, 0.29) is 17.7 Å². The van der Waals surface area contributed by atoms with Crippen LogP contribution in [0.15, 0.2) is 48.5 Å². The molecule has 0 aliphatic carbocycles. The Labute approximate surface area is 159 Å². The number of rotatable bonds is 4. The number of carbonyl (C=O) groups is 2. The number of benzene rings is 2. The van der Waals surface area contributed by atoms with Gasteiger partial charge >= 0.3 is 0 Å². The molecule has 1 heterocycles. The summed E-state index contributed by atoms with van der Waals surface area (Å²) >= 11 is 0. The van der Waals surface area contributed by atoms with E-state index in [2.05, 4.69) is 11.4 Å². The zero-order valence-electron chi connectivity index (χ0n) is 15.4. The Kier molecular flexibility index (Phi) is 5.87. The topological polar surface area (TPSA) is 73.2 Å². The Morgan fingerprint density at radius 1 is 1.11 bits per heavy atom. The largest absolute Gasteiger partial charge is 0.342 e. The van der Waals surface area contributed by atoms with Gasteiger partial charge in [-0.3, -0.25) is 9.59 Å². The van der Waals surface area contributed by atoms with Gasteiger partial charge in [-0.1, -0.05) is 42.0 Å². The van der Waals surface area contributed by atoms with E-state index in [1.165, 1.54) is 5.56 Å². The lowest BCUT2D eigenvalue weighted by molar-refractivity contribution is -0.133. The van der Waals surface area contributed by atoms with Crippen molar-refractivity contribution in [3.8, 4) is 6.07 Å². The highest BCUT2D eigenvalue weighted by molar-refractivity contribution is 5.94. The van der Waals surface area contributed by atoms with Crippen LogP contribution in [-0.4, -0.2) is 29.8 Å². The van der Waals surface area contributed by atoms with Crippen LogP contribution < -0.4 is 5.32 Å². The summed E-state index contributed by atoms with van der Waals surface area (Å²) in [6.45, 7) is 3.20. The van der Waals surface area contributed by atoms with Crippen molar-refractivity contribution < 1.29 is 9.59 Å². The maximum atomic E-state index is 12.5. The van der Waals surface area contributed by atoms with Gasteiger partial charge in [-0.15, -0.1) is 0 Å². The first-order valence-electron chi connectivity index (χ1n) is 9.20. The third-order valence-corrected chi connectivity index (χ3v) is 5.00. The third-order valence-electron chi connectivity index (χ3n) is 5.00. The summed E-state index contributed by atoms with van der Waals surface area (Å²) in [6, 6.07) is 17.1. The fourth-order valence-corrected chi connectivity index (χ4v) is 3.31. The number of amides is 2. The van der Waals surface area contributed by atoms with E-state index in [0.29, 0.717) is 43.6 Å². The molecule has 1 N–H and O–H groups in total. The molecule has 3 rings (SSSR count). The molecule has 5 nitrogen and oxygen atoms in total. The molecule has 1 aliphatic rings. The molecule has 0 atom stereocenters. The van der Waals surface area contributed by atoms with Crippen molar-refractivity contribution in [2.75, 3.05) is 18.4 Å². The highest BCUT2D eigenvalue weighted by atomic mass is 16.2. The maximum absolute atomic E-state index is 12.5. The molecular formula is C22H23N3O2. The zero-order valence-corrected chi connectivity index (χ0v) is 15.4. The molecule has 1 fully saturated rings. The average molecular weight is 361 g/mol. The summed E-state index contributed by atoms with van der Waals surface area (Å²) in [5.74, 6) is -0.115. The predicted molar refractivity (Wildman–Crippen MR) is 104 cm³/mol. The van der Waals surface area contributed by atoms with E-state index in [0.717, 1.165) is 5.56 Å². The SMILES string of the molecule is Cc1ccc(CC(=O)N2CCC(C(=O)Nc3ccccc3C#N)CC2)cc1. The number of nitrogens with one attached hydrogen (secondary N) is 1. The molecule has 5 heteroatoms. The van der Waals surface area contributed by atoms with Crippen molar-refractivity contribution in [1.29, 1.82) is 5.26 Å². The minimum atomic E-state index is -0.139. The van der Waals surface area contributed by atoms with Crippen LogP contribution in [0, 0.1) is 24.2 Å². The molecule has 27 heavy (non-hydrogen) atoms. The van der Waals surface area contributed by atoms with Crippen LogP contribution in [-0.2, 0) is 16.0 Å². The minimum absolute atomic E-state index is 0.0802. The molecule has 0 aromatic heterocycles. The Balaban J connectivity index is 1.52. The number of likely N-dealkylation sites (tertiary alicyclic amines) is 1. The highest BCUT2D eigenvalue weighted by Crippen LogP contribution is 2.21. The van der Waals surface area contributed by atoms with Crippen LogP contribution in [0.2, 0.25) is 0 Å². The van der Waals surface area contributed by atoms with Crippen molar-refractivity contribution in [3.05, 3.63) is 65.2 Å². The Bertz CT molecular complexity index is 860. The normalized spacial score (nSPS) is 14.4. The highest BCUT2D eigenvalue weighted by Gasteiger charge is 2.27. The van der Waals surface area contributed by atoms with Gasteiger partial charge in [0.15, 0.2) is 0 Å². The van der Waals surface area contributed by atoms with Crippen LogP contribution in [0.1, 0.15) is 29.5 Å². The quantitative estimate of drug-likeness (QED) is 0.908. The van der Waals surface area contributed by atoms with Gasteiger partial charge in [0.05, 0.1) is 17.7 Å². The number of hydrogen-bond donors (Lipinski definition) is 1. The second-order valence-electron chi connectivity index (χ2n) is 6.96. The summed E-state index contributed by atoms with van der Waals surface area (Å²) < 4.78 is 0. The first-order chi connectivity index (χ1) is 13.1. The van der Waals surface area contributed by atoms with Gasteiger partial charge in [0.25, 0.3) is 0 Å². The second kappa shape index (κ2) is 8.50. The fraction of sp³-hybridized carbons (Fsp3) is 0.318. The molecule has 0 spiro atoms. The number of para-hydroxylation sites is 1. The number of hydrogen-bond acceptors (Lipinski definition) is 3. The van der Waals surface area contributed by atoms with Crippen LogP contribution in [0.4, 0.5) is 5.69 Å². The van der Waals surface area contributed by atoms with E-state index in [1.807, 2.05) is 36.1 Å². The summed E-state index contributed by atoms with van der Waals surface area (Å²) in [6.07, 6.45) is 1.67. The van der Waals surface area contributed by atoms with E-state index < -0.39 is 0 Å². The van der Waals surface area contributed by atoms with Crippen molar-refractivity contribution in [1.82, 2.24) is 4.90 Å². The molecule has 2 aromatic rings. The van der Waals surface area contributed by atoms with Gasteiger partial charge in [0, 0.05) is 19.0 Å². The van der Waals surface area contributed by atoms with E-state index >= 15 is 0 Å². The van der Waals surface area contributed by atoms with Gasteiger partial charge in [0.1, 0.15) is 6.07 Å². The van der Waals surface area contributed by atoms with Crippen LogP contribution in [0.25, 0.3) is 0 Å². The number of aryl methyl sites for hydroxylation is 1. The number of nitriles is 1. The molecule has 2 aromatic carbocycles. The standard InChI is InChI=1S/C22H23N3O2/c1-16-6-8-17(9-7-16)14-21(26)25-12-10-18(11-13-25)22(27)24-20-5-3-2-4-19(20)15-23/h2-9,18H,10-14H2,1H3,(H,24,27). The van der Waals surface area contributed by atoms with Crippen LogP contribution in [0.3, 0.4) is 0 Å². The zero-order chi connectivity index (χ0) is 19.2. The van der Waals surface area contributed by atoms with E-state index in [1.54, 1.807) is 24.3 Å². The molecule has 0 radical (unpaired) electrons. The van der Waals surface area contributed by atoms with E-state index in [4.69, 9.17) is 5.26 Å². The first kappa shape index (κ1) is 18.7. The number of piperidine rings is 1. The summed E-state index contributed by atoms with van der Waals surface area (Å²) in [4.78, 5) is 26.8. The molecule has 0 saturated carbocycles. The molecular weight excluding hydrogens is 338 g/mol. The fourth-order valence-electron chi connectivity index (χ4n) is 3.31. The summed E-state index contributed by atoms with van der Waals surface area (Å²) in [5.41, 5.74) is 3.19. The van der Waals surface area contributed by atoms with Crippen LogP contribution >= 0.6 is 0 Å². The van der Waals surface area contributed by atoms with Crippen molar-refractivity contribution in [2.45, 2.75) is 26.2 Å². The summed E-state index contributed by atoms with van der Waals surface area (Å²) in [5, 5.41) is 12.0. The lowest BCUT2D eigenvalue weighted by Gasteiger charge is -2.31. The second-order valence-corrected chi connectivity index (χ2v) is 6.96. The molecule has 2 amide bonds. The van der Waals surface area contributed by atoms with E-state index in [9.17, 15) is 9.59 Å². The number of carbonyl (C=O) groups excluding carboxylic acids is 2. The van der Waals surface area contributed by atoms with Crippen molar-refractivity contribution >= 4 is 17.5 Å². The third kappa shape index (κ3) is 4.73. The Morgan fingerprint density at radius 2 is 1.78 bits per heavy atom. The minimum Gasteiger partial charge on any atom is -0.342 e. The molecule has 0 unspecified atom stereocenters. The Hall–Kier alpha value is -3.13. The van der Waals surface area contributed by atoms with Crippen LogP contribution in [0.5, 0.6) is 0 Å². The van der Waals surface area contributed by atoms with Gasteiger partial charge in [-0.05, 0) is 37.5 Å². The first-order valence-corrected chi connectivity index (χ1v) is 9.20. The average Bonchev–Trinajstić information content (AvgIpc) is 2.70. The lowest BCUT2D eigenvalue weighted by atomic mass is 9.95. The van der Waals surface area contributed by atoms with Crippen molar-refractivity contribution in [3.63, 3.8) is 0 Å². The monoisotopic (exact) mass is 361 g/mol. The molecule has 1 saturated heterocycles. The van der Waals surface area contributed by atoms with Gasteiger partial charge in [-0.2, -0.15) is 5.26 Å². The molecule has 0 bridgehead atoms. The smallest absolute Gasteiger partial charge is 0.227 e. The number of anilines is 1. The molecule has 138 valence electrons. The van der Waals surface area contributed by atoms with Gasteiger partial charge in [0.2, 0.25) is 11.8 Å². The number of nitrogens with zero attached hydrogens (tertiary/aromatic N) is 2.